The van der Waals surface area contributed by atoms with Crippen molar-refractivity contribution in [3.05, 3.63) is 29.8 Å². The van der Waals surface area contributed by atoms with Gasteiger partial charge in [0.25, 0.3) is 0 Å². The summed E-state index contributed by atoms with van der Waals surface area (Å²) in [6.07, 6.45) is -1.65. The molecular weight excluding hydrogens is 454 g/mol. The van der Waals surface area contributed by atoms with Crippen molar-refractivity contribution in [1.82, 2.24) is 0 Å². The molecule has 1 fully saturated rings. The SMILES string of the molecule is COc1ccc(C=N[C@@H]2[C@@H](OC(C)=O)[C@H](OC(C)=O)[C@@H](COC(C)=O)O[C@H]2SC(C)=O)cc1. The zero-order valence-electron chi connectivity index (χ0n) is 19.0. The Morgan fingerprint density at radius 3 is 2.09 bits per heavy atom. The average molecular weight is 482 g/mol. The van der Waals surface area contributed by atoms with E-state index in [0.717, 1.165) is 17.3 Å². The molecule has 0 aromatic heterocycles. The third kappa shape index (κ3) is 8.17. The van der Waals surface area contributed by atoms with Crippen molar-refractivity contribution in [2.45, 2.75) is 57.5 Å². The summed E-state index contributed by atoms with van der Waals surface area (Å²) in [5, 5.41) is -0.261. The first-order valence-corrected chi connectivity index (χ1v) is 11.0. The van der Waals surface area contributed by atoms with Crippen LogP contribution in [0.25, 0.3) is 0 Å². The van der Waals surface area contributed by atoms with Crippen LogP contribution in [0.2, 0.25) is 0 Å². The normalized spacial score (nSPS) is 24.7. The number of carbonyl (C=O) groups excluding carboxylic acids is 4. The fourth-order valence-electron chi connectivity index (χ4n) is 3.17. The highest BCUT2D eigenvalue weighted by Crippen LogP contribution is 2.34. The summed E-state index contributed by atoms with van der Waals surface area (Å²) in [7, 11) is 1.55. The van der Waals surface area contributed by atoms with Crippen molar-refractivity contribution in [1.29, 1.82) is 0 Å². The second-order valence-electron chi connectivity index (χ2n) is 7.14. The van der Waals surface area contributed by atoms with Gasteiger partial charge in [-0.3, -0.25) is 24.2 Å². The molecule has 0 aliphatic carbocycles. The Morgan fingerprint density at radius 2 is 1.58 bits per heavy atom. The third-order valence-electron chi connectivity index (χ3n) is 4.46. The predicted molar refractivity (Wildman–Crippen MR) is 119 cm³/mol. The number of rotatable bonds is 8. The van der Waals surface area contributed by atoms with Crippen LogP contribution in [0.1, 0.15) is 33.3 Å². The second kappa shape index (κ2) is 12.4. The van der Waals surface area contributed by atoms with E-state index in [1.165, 1.54) is 33.9 Å². The van der Waals surface area contributed by atoms with E-state index >= 15 is 0 Å². The minimum Gasteiger partial charge on any atom is -0.497 e. The number of hydrogen-bond donors (Lipinski definition) is 0. The molecular formula is C22H27NO9S. The van der Waals surface area contributed by atoms with Gasteiger partial charge in [0.05, 0.1) is 7.11 Å². The summed E-state index contributed by atoms with van der Waals surface area (Å²) in [5.74, 6) is -1.19. The molecule has 0 unspecified atom stereocenters. The van der Waals surface area contributed by atoms with Gasteiger partial charge < -0.3 is 23.7 Å². The van der Waals surface area contributed by atoms with E-state index in [4.69, 9.17) is 23.7 Å². The molecule has 10 nitrogen and oxygen atoms in total. The molecule has 1 aromatic carbocycles. The maximum Gasteiger partial charge on any atom is 0.303 e. The molecule has 0 N–H and O–H groups in total. The fraction of sp³-hybridized carbons (Fsp3) is 0.500. The van der Waals surface area contributed by atoms with E-state index in [1.807, 2.05) is 0 Å². The lowest BCUT2D eigenvalue weighted by molar-refractivity contribution is -0.208. The number of esters is 3. The highest BCUT2D eigenvalue weighted by molar-refractivity contribution is 8.14. The number of nitrogens with zero attached hydrogens (tertiary/aromatic N) is 1. The van der Waals surface area contributed by atoms with E-state index in [0.29, 0.717) is 5.75 Å². The Bertz CT molecular complexity index is 886. The standard InChI is InChI=1S/C22H27NO9S/c1-12(24)29-11-18-20(30-13(2)25)21(31-14(3)26)19(22(32-18)33-15(4)27)23-10-16-6-8-17(28-5)9-7-16/h6-10,18-22H,11H2,1-5H3/t18-,19-,20-,21-,22+/m1/s1. The topological polar surface area (TPSA) is 127 Å². The van der Waals surface area contributed by atoms with Crippen LogP contribution in [0.5, 0.6) is 5.75 Å². The number of benzene rings is 1. The summed E-state index contributed by atoms with van der Waals surface area (Å²) in [5.41, 5.74) is -0.177. The molecule has 0 radical (unpaired) electrons. The van der Waals surface area contributed by atoms with Gasteiger partial charge in [-0.2, -0.15) is 0 Å². The Hall–Kier alpha value is -2.92. The van der Waals surface area contributed by atoms with Gasteiger partial charge in [0, 0.05) is 33.9 Å². The predicted octanol–water partition coefficient (Wildman–Crippen LogP) is 1.91. The van der Waals surface area contributed by atoms with Gasteiger partial charge in [0.2, 0.25) is 0 Å². The largest absolute Gasteiger partial charge is 0.497 e. The van der Waals surface area contributed by atoms with E-state index in [9.17, 15) is 19.2 Å². The molecule has 0 bridgehead atoms. The van der Waals surface area contributed by atoms with Crippen LogP contribution in [0, 0.1) is 0 Å². The number of hydrogen-bond acceptors (Lipinski definition) is 11. The average Bonchev–Trinajstić information content (AvgIpc) is 2.73. The summed E-state index contributed by atoms with van der Waals surface area (Å²) >= 11 is 0.847. The van der Waals surface area contributed by atoms with Crippen molar-refractivity contribution in [2.24, 2.45) is 4.99 Å². The lowest BCUT2D eigenvalue weighted by Crippen LogP contribution is -2.60. The summed E-state index contributed by atoms with van der Waals surface area (Å²) in [4.78, 5) is 51.5. The monoisotopic (exact) mass is 481 g/mol. The summed E-state index contributed by atoms with van der Waals surface area (Å²) in [6, 6.07) is 6.14. The molecule has 180 valence electrons. The van der Waals surface area contributed by atoms with Crippen molar-refractivity contribution in [2.75, 3.05) is 13.7 Å². The van der Waals surface area contributed by atoms with Crippen molar-refractivity contribution in [3.8, 4) is 5.75 Å². The molecule has 1 aromatic rings. The van der Waals surface area contributed by atoms with Gasteiger partial charge in [-0.15, -0.1) is 0 Å². The molecule has 2 rings (SSSR count). The van der Waals surface area contributed by atoms with Crippen LogP contribution in [0.3, 0.4) is 0 Å². The second-order valence-corrected chi connectivity index (χ2v) is 8.42. The number of thioether (sulfide) groups is 1. The Kier molecular flexibility index (Phi) is 9.86. The van der Waals surface area contributed by atoms with Crippen molar-refractivity contribution >= 4 is 41.0 Å². The van der Waals surface area contributed by atoms with Crippen LogP contribution in [0.4, 0.5) is 0 Å². The van der Waals surface area contributed by atoms with Crippen LogP contribution in [0.15, 0.2) is 29.3 Å². The first kappa shape index (κ1) is 26.3. The number of methoxy groups -OCH3 is 1. The summed E-state index contributed by atoms with van der Waals surface area (Å²) < 4.78 is 27.1. The minimum atomic E-state index is -1.12. The van der Waals surface area contributed by atoms with Crippen LogP contribution >= 0.6 is 11.8 Å². The van der Waals surface area contributed by atoms with Gasteiger partial charge in [-0.25, -0.2) is 0 Å². The first-order chi connectivity index (χ1) is 15.6. The van der Waals surface area contributed by atoms with Crippen molar-refractivity contribution < 1.29 is 42.9 Å². The number of ether oxygens (including phenoxy) is 5. The highest BCUT2D eigenvalue weighted by atomic mass is 32.2. The molecule has 11 heteroatoms. The molecule has 1 aliphatic rings. The highest BCUT2D eigenvalue weighted by Gasteiger charge is 2.50. The molecule has 33 heavy (non-hydrogen) atoms. The van der Waals surface area contributed by atoms with Crippen LogP contribution in [-0.4, -0.2) is 72.7 Å². The number of aliphatic imine (C=N–C) groups is 1. The molecule has 0 amide bonds. The fourth-order valence-corrected chi connectivity index (χ4v) is 4.06. The maximum atomic E-state index is 11.9. The van der Waals surface area contributed by atoms with E-state index in [-0.39, 0.29) is 11.7 Å². The Balaban J connectivity index is 2.45. The first-order valence-electron chi connectivity index (χ1n) is 10.1. The van der Waals surface area contributed by atoms with Gasteiger partial charge >= 0.3 is 17.9 Å². The lowest BCUT2D eigenvalue weighted by Gasteiger charge is -2.43. The van der Waals surface area contributed by atoms with Gasteiger partial charge in [0.1, 0.15) is 29.9 Å². The molecule has 0 spiro atoms. The van der Waals surface area contributed by atoms with Crippen molar-refractivity contribution in [3.63, 3.8) is 0 Å². The van der Waals surface area contributed by atoms with Gasteiger partial charge in [-0.05, 0) is 29.8 Å². The Morgan fingerprint density at radius 1 is 0.970 bits per heavy atom. The van der Waals surface area contributed by atoms with Crippen LogP contribution in [-0.2, 0) is 38.1 Å². The van der Waals surface area contributed by atoms with Gasteiger partial charge in [0.15, 0.2) is 17.3 Å². The number of carbonyl (C=O) groups is 4. The van der Waals surface area contributed by atoms with Gasteiger partial charge in [-0.1, -0.05) is 11.8 Å². The minimum absolute atomic E-state index is 0.261. The summed E-state index contributed by atoms with van der Waals surface area (Å²) in [6.45, 7) is 4.71. The molecule has 1 saturated heterocycles. The lowest BCUT2D eigenvalue weighted by atomic mass is 9.97. The third-order valence-corrected chi connectivity index (χ3v) is 5.42. The zero-order valence-corrected chi connectivity index (χ0v) is 19.8. The van der Waals surface area contributed by atoms with E-state index in [2.05, 4.69) is 4.99 Å². The Labute approximate surface area is 195 Å². The molecule has 1 heterocycles. The molecule has 0 saturated carbocycles. The quantitative estimate of drug-likeness (QED) is 0.309. The molecule has 1 aliphatic heterocycles. The van der Waals surface area contributed by atoms with E-state index in [1.54, 1.807) is 31.4 Å². The smallest absolute Gasteiger partial charge is 0.303 e. The molecule has 5 atom stereocenters. The zero-order chi connectivity index (χ0) is 24.5. The van der Waals surface area contributed by atoms with E-state index < -0.39 is 47.7 Å². The maximum absolute atomic E-state index is 11.9. The van der Waals surface area contributed by atoms with Crippen LogP contribution < -0.4 is 4.74 Å².